The van der Waals surface area contributed by atoms with E-state index in [4.69, 9.17) is 0 Å². The number of rotatable bonds is 6. The van der Waals surface area contributed by atoms with Gasteiger partial charge in [-0.2, -0.15) is 0 Å². The molecule has 0 saturated carbocycles. The Hall–Kier alpha value is -2.09. The fourth-order valence-corrected chi connectivity index (χ4v) is 2.51. The number of likely N-dealkylation sites (tertiary alicyclic amines) is 1. The third kappa shape index (κ3) is 4.47. The molecule has 1 atom stereocenters. The van der Waals surface area contributed by atoms with Gasteiger partial charge in [0.05, 0.1) is 5.92 Å². The van der Waals surface area contributed by atoms with Crippen LogP contribution in [-0.4, -0.2) is 55.3 Å². The molecule has 1 saturated heterocycles. The quantitative estimate of drug-likeness (QED) is 0.788. The van der Waals surface area contributed by atoms with E-state index in [1.54, 1.807) is 4.90 Å². The van der Waals surface area contributed by atoms with Crippen LogP contribution in [0.1, 0.15) is 12.0 Å². The number of halogens is 3. The van der Waals surface area contributed by atoms with Crippen LogP contribution in [0.4, 0.5) is 13.2 Å². The maximum atomic E-state index is 13.5. The van der Waals surface area contributed by atoms with Crippen LogP contribution in [0.15, 0.2) is 12.1 Å². The van der Waals surface area contributed by atoms with Gasteiger partial charge in [-0.1, -0.05) is 0 Å². The van der Waals surface area contributed by atoms with E-state index >= 15 is 0 Å². The van der Waals surface area contributed by atoms with Crippen molar-refractivity contribution in [2.75, 3.05) is 33.7 Å². The van der Waals surface area contributed by atoms with Gasteiger partial charge in [0.2, 0.25) is 11.8 Å². The molecule has 2 rings (SSSR count). The average molecular weight is 343 g/mol. The molecule has 8 heteroatoms. The highest BCUT2D eigenvalue weighted by molar-refractivity contribution is 5.89. The first kappa shape index (κ1) is 18.3. The molecule has 1 heterocycles. The Balaban J connectivity index is 1.89. The summed E-state index contributed by atoms with van der Waals surface area (Å²) in [6.45, 7) is 1.27. The molecule has 0 spiro atoms. The van der Waals surface area contributed by atoms with Crippen molar-refractivity contribution in [3.05, 3.63) is 35.1 Å². The number of hydrogen-bond acceptors (Lipinski definition) is 3. The van der Waals surface area contributed by atoms with Crippen molar-refractivity contribution >= 4 is 11.8 Å². The Kier molecular flexibility index (Phi) is 5.82. The number of hydrogen-bond donors (Lipinski definition) is 1. The molecule has 1 aromatic rings. The maximum absolute atomic E-state index is 13.5. The summed E-state index contributed by atoms with van der Waals surface area (Å²) in [5.41, 5.74) is -0.143. The molecule has 0 radical (unpaired) electrons. The number of amides is 2. The molecule has 5 nitrogen and oxygen atoms in total. The molecule has 1 aliphatic rings. The summed E-state index contributed by atoms with van der Waals surface area (Å²) >= 11 is 0. The molecule has 24 heavy (non-hydrogen) atoms. The van der Waals surface area contributed by atoms with Crippen molar-refractivity contribution in [2.24, 2.45) is 5.92 Å². The Bertz CT molecular complexity index is 637. The number of carbonyl (C=O) groups is 2. The highest BCUT2D eigenvalue weighted by atomic mass is 19.2. The van der Waals surface area contributed by atoms with E-state index in [2.05, 4.69) is 5.32 Å². The Morgan fingerprint density at radius 3 is 2.58 bits per heavy atom. The normalized spacial score (nSPS) is 17.7. The second kappa shape index (κ2) is 7.65. The van der Waals surface area contributed by atoms with Gasteiger partial charge in [0, 0.05) is 44.2 Å². The molecule has 0 aromatic heterocycles. The Morgan fingerprint density at radius 1 is 1.25 bits per heavy atom. The second-order valence-electron chi connectivity index (χ2n) is 6.12. The van der Waals surface area contributed by atoms with Gasteiger partial charge in [-0.3, -0.25) is 9.59 Å². The van der Waals surface area contributed by atoms with E-state index in [1.165, 1.54) is 0 Å². The van der Waals surface area contributed by atoms with Gasteiger partial charge in [0.15, 0.2) is 11.6 Å². The minimum Gasteiger partial charge on any atom is -0.352 e. The lowest BCUT2D eigenvalue weighted by Crippen LogP contribution is -2.35. The zero-order chi connectivity index (χ0) is 17.9. The first-order valence-corrected chi connectivity index (χ1v) is 7.61. The predicted octanol–water partition coefficient (Wildman–Crippen LogP) is 1.13. The zero-order valence-corrected chi connectivity index (χ0v) is 13.6. The summed E-state index contributed by atoms with van der Waals surface area (Å²) in [6.07, 6.45) is 0.0967. The highest BCUT2D eigenvalue weighted by Crippen LogP contribution is 2.18. The molecule has 2 amide bonds. The van der Waals surface area contributed by atoms with Crippen molar-refractivity contribution in [3.8, 4) is 0 Å². The average Bonchev–Trinajstić information content (AvgIpc) is 2.88. The van der Waals surface area contributed by atoms with Crippen LogP contribution in [0.25, 0.3) is 0 Å². The number of benzene rings is 1. The van der Waals surface area contributed by atoms with Crippen molar-refractivity contribution < 1.29 is 22.8 Å². The van der Waals surface area contributed by atoms with E-state index in [1.807, 2.05) is 19.0 Å². The van der Waals surface area contributed by atoms with Gasteiger partial charge in [-0.05, 0) is 20.2 Å². The van der Waals surface area contributed by atoms with Crippen LogP contribution in [0, 0.1) is 23.4 Å². The summed E-state index contributed by atoms with van der Waals surface area (Å²) in [6, 6.07) is 1.16. The van der Waals surface area contributed by atoms with Crippen molar-refractivity contribution in [3.63, 3.8) is 0 Å². The summed E-state index contributed by atoms with van der Waals surface area (Å²) in [5, 5.41) is 2.48. The van der Waals surface area contributed by atoms with Crippen LogP contribution in [0.3, 0.4) is 0 Å². The van der Waals surface area contributed by atoms with E-state index in [0.717, 1.165) is 0 Å². The fraction of sp³-hybridized carbons (Fsp3) is 0.500. The van der Waals surface area contributed by atoms with Gasteiger partial charge >= 0.3 is 0 Å². The lowest BCUT2D eigenvalue weighted by molar-refractivity contribution is -0.129. The Labute approximate surface area is 138 Å². The van der Waals surface area contributed by atoms with Gasteiger partial charge in [0.25, 0.3) is 0 Å². The third-order valence-corrected chi connectivity index (χ3v) is 3.94. The summed E-state index contributed by atoms with van der Waals surface area (Å²) in [7, 11) is 3.78. The van der Waals surface area contributed by atoms with Crippen molar-refractivity contribution in [2.45, 2.75) is 13.0 Å². The summed E-state index contributed by atoms with van der Waals surface area (Å²) in [5.74, 6) is -4.40. The van der Waals surface area contributed by atoms with Gasteiger partial charge < -0.3 is 15.1 Å². The van der Waals surface area contributed by atoms with Crippen LogP contribution < -0.4 is 5.32 Å². The molecule has 0 unspecified atom stereocenters. The molecule has 1 aliphatic heterocycles. The smallest absolute Gasteiger partial charge is 0.225 e. The van der Waals surface area contributed by atoms with E-state index in [9.17, 15) is 22.8 Å². The van der Waals surface area contributed by atoms with Gasteiger partial charge in [0.1, 0.15) is 5.82 Å². The molecular formula is C16H20F3N3O2. The molecule has 1 N–H and O–H groups in total. The molecular weight excluding hydrogens is 323 g/mol. The van der Waals surface area contributed by atoms with E-state index < -0.39 is 29.3 Å². The number of carbonyl (C=O) groups excluding carboxylic acids is 2. The van der Waals surface area contributed by atoms with Crippen LogP contribution in [0.5, 0.6) is 0 Å². The Morgan fingerprint density at radius 2 is 1.92 bits per heavy atom. The molecule has 1 fully saturated rings. The standard InChI is InChI=1S/C16H20F3N3O2/c1-21(2)3-4-22-9-11(6-15(22)23)16(24)20-8-10-5-13(18)14(19)7-12(10)17/h5,7,11H,3-4,6,8-9H2,1-2H3,(H,20,24)/t11-/m1/s1. The fourth-order valence-electron chi connectivity index (χ4n) is 2.51. The van der Waals surface area contributed by atoms with Crippen molar-refractivity contribution in [1.82, 2.24) is 15.1 Å². The SMILES string of the molecule is CN(C)CCN1C[C@H](C(=O)NCc2cc(F)c(F)cc2F)CC1=O. The third-order valence-electron chi connectivity index (χ3n) is 3.94. The second-order valence-corrected chi connectivity index (χ2v) is 6.12. The van der Waals surface area contributed by atoms with Crippen LogP contribution >= 0.6 is 0 Å². The van der Waals surface area contributed by atoms with Crippen molar-refractivity contribution in [1.29, 1.82) is 0 Å². The number of nitrogens with zero attached hydrogens (tertiary/aromatic N) is 2. The first-order valence-electron chi connectivity index (χ1n) is 7.61. The molecule has 132 valence electrons. The minimum absolute atomic E-state index is 0.0967. The number of nitrogens with one attached hydrogen (secondary N) is 1. The minimum atomic E-state index is -1.28. The van der Waals surface area contributed by atoms with Gasteiger partial charge in [-0.15, -0.1) is 0 Å². The largest absolute Gasteiger partial charge is 0.352 e. The van der Waals surface area contributed by atoms with Crippen LogP contribution in [-0.2, 0) is 16.1 Å². The predicted molar refractivity (Wildman–Crippen MR) is 81.4 cm³/mol. The van der Waals surface area contributed by atoms with E-state index in [0.29, 0.717) is 31.8 Å². The van der Waals surface area contributed by atoms with Gasteiger partial charge in [-0.25, -0.2) is 13.2 Å². The van der Waals surface area contributed by atoms with Crippen LogP contribution in [0.2, 0.25) is 0 Å². The molecule has 0 bridgehead atoms. The lowest BCUT2D eigenvalue weighted by Gasteiger charge is -2.19. The molecule has 0 aliphatic carbocycles. The monoisotopic (exact) mass is 343 g/mol. The van der Waals surface area contributed by atoms with E-state index in [-0.39, 0.29) is 24.4 Å². The first-order chi connectivity index (χ1) is 11.3. The highest BCUT2D eigenvalue weighted by Gasteiger charge is 2.33. The summed E-state index contributed by atoms with van der Waals surface area (Å²) in [4.78, 5) is 27.6. The topological polar surface area (TPSA) is 52.6 Å². The molecule has 1 aromatic carbocycles. The zero-order valence-electron chi connectivity index (χ0n) is 13.6. The lowest BCUT2D eigenvalue weighted by atomic mass is 10.1. The summed E-state index contributed by atoms with van der Waals surface area (Å²) < 4.78 is 39.5. The maximum Gasteiger partial charge on any atom is 0.225 e. The number of likely N-dealkylation sites (N-methyl/N-ethyl adjacent to an activating group) is 1.